The van der Waals surface area contributed by atoms with Crippen LogP contribution < -0.4 is 28.5 Å². The van der Waals surface area contributed by atoms with Gasteiger partial charge in [-0.2, -0.15) is 0 Å². The van der Waals surface area contributed by atoms with Crippen molar-refractivity contribution in [1.29, 1.82) is 0 Å². The summed E-state index contributed by atoms with van der Waals surface area (Å²) in [5.41, 5.74) is -2.01. The second kappa shape index (κ2) is 44.6. The zero-order valence-electron chi connectivity index (χ0n) is 75.9. The van der Waals surface area contributed by atoms with Gasteiger partial charge in [-0.3, -0.25) is 20.8 Å². The molecule has 0 atom stereocenters. The first-order valence-electron chi connectivity index (χ1n) is 44.1. The van der Waals surface area contributed by atoms with Gasteiger partial charge in [-0.1, -0.05) is 186 Å². The number of rotatable bonds is 27. The van der Waals surface area contributed by atoms with Crippen LogP contribution >= 0.6 is 0 Å². The van der Waals surface area contributed by atoms with Crippen LogP contribution in [-0.4, -0.2) is 49.6 Å². The van der Waals surface area contributed by atoms with Gasteiger partial charge >= 0.3 is 0 Å². The van der Waals surface area contributed by atoms with Gasteiger partial charge in [-0.15, -0.1) is 0 Å². The molecule has 6 nitrogen and oxygen atoms in total. The quantitative estimate of drug-likeness (QED) is 0.0293. The number of hydrogen-bond acceptors (Lipinski definition) is 3. The fourth-order valence-electron chi connectivity index (χ4n) is 17.7. The van der Waals surface area contributed by atoms with E-state index in [0.29, 0.717) is 111 Å². The maximum absolute atomic E-state index is 15.9. The number of hydrogen-bond donors (Lipinski definition) is 0. The number of quaternary nitrogens is 3. The summed E-state index contributed by atoms with van der Waals surface area (Å²) < 4.78 is 284. The number of aryl methyl sites for hydroxylation is 3. The number of benzene rings is 15. The van der Waals surface area contributed by atoms with Crippen molar-refractivity contribution >= 4 is 24.4 Å². The van der Waals surface area contributed by atoms with Gasteiger partial charge in [0, 0.05) is 51.6 Å². The third-order valence-corrected chi connectivity index (χ3v) is 23.7. The zero-order valence-corrected chi connectivity index (χ0v) is 75.9. The van der Waals surface area contributed by atoms with Gasteiger partial charge in [-0.25, -0.2) is 79.0 Å². The van der Waals surface area contributed by atoms with Gasteiger partial charge in [0.25, 0.3) is 0 Å². The summed E-state index contributed by atoms with van der Waals surface area (Å²) in [6.07, 6.45) is 4.77. The van der Waals surface area contributed by atoms with Crippen LogP contribution in [0.2, 0.25) is 0 Å². The molecule has 0 aliphatic carbocycles. The van der Waals surface area contributed by atoms with Crippen molar-refractivity contribution in [2.24, 2.45) is 0 Å². The van der Waals surface area contributed by atoms with E-state index in [-0.39, 0.29) is 63.5 Å². The van der Waals surface area contributed by atoms with Crippen molar-refractivity contribution < 1.29 is 94.1 Å². The van der Waals surface area contributed by atoms with Crippen molar-refractivity contribution in [2.75, 3.05) is 42.3 Å². The summed E-state index contributed by atoms with van der Waals surface area (Å²) in [5.74, 6) is -17.9. The Morgan fingerprint density at radius 2 is 0.331 bits per heavy atom. The minimum atomic E-state index is -2.92. The summed E-state index contributed by atoms with van der Waals surface area (Å²) in [6, 6.07) is 62.6. The molecule has 0 bridgehead atoms. The Labute approximate surface area is 779 Å². The molecule has 0 N–H and O–H groups in total. The Hall–Kier alpha value is -13.1. The first kappa shape index (κ1) is 102. The highest BCUT2D eigenvalue weighted by Crippen LogP contribution is 2.57. The largest absolute Gasteiger partial charge is 0.907 e. The van der Waals surface area contributed by atoms with Crippen LogP contribution in [0.5, 0.6) is 0 Å². The Morgan fingerprint density at radius 3 is 0.478 bits per heavy atom. The van der Waals surface area contributed by atoms with Gasteiger partial charge in [0.05, 0.1) is 109 Å². The van der Waals surface area contributed by atoms with Crippen LogP contribution in [0.15, 0.2) is 273 Å². The summed E-state index contributed by atoms with van der Waals surface area (Å²) in [4.78, 5) is 0. The molecule has 0 unspecified atom stereocenters. The lowest BCUT2D eigenvalue weighted by Gasteiger charge is -2.35. The monoisotopic (exact) mass is 1870 g/mol. The lowest BCUT2D eigenvalue weighted by atomic mass is 9.81. The Morgan fingerprint density at radius 1 is 0.191 bits per heavy atom. The highest BCUT2D eigenvalue weighted by molar-refractivity contribution is 6.24. The molecule has 0 amide bonds. The molecule has 136 heavy (non-hydrogen) atoms. The van der Waals surface area contributed by atoms with Gasteiger partial charge in [0.1, 0.15) is 141 Å². The molecule has 0 radical (unpaired) electrons. The van der Waals surface area contributed by atoms with Crippen molar-refractivity contribution in [3.8, 4) is 100 Å². The summed E-state index contributed by atoms with van der Waals surface area (Å²) >= 11 is 0. The Bertz CT molecular complexity index is 5980. The normalized spacial score (nSPS) is 11.5. The van der Waals surface area contributed by atoms with Crippen LogP contribution in [0.4, 0.5) is 96.1 Å². The van der Waals surface area contributed by atoms with E-state index in [4.69, 9.17) is 15.1 Å². The number of nitrogens with zero attached hydrogens (tertiary/aromatic N) is 3. The van der Waals surface area contributed by atoms with E-state index in [1.165, 1.54) is 36.4 Å². The van der Waals surface area contributed by atoms with Crippen molar-refractivity contribution in [3.63, 3.8) is 0 Å². The first-order valence-corrected chi connectivity index (χ1v) is 44.1. The molecule has 0 spiro atoms. The molecule has 15 aromatic rings. The minimum Gasteiger partial charge on any atom is -0.907 e. The molecule has 0 aliphatic rings. The van der Waals surface area contributed by atoms with E-state index in [9.17, 15) is 0 Å². The first-order chi connectivity index (χ1) is 64.9. The van der Waals surface area contributed by atoms with Crippen molar-refractivity contribution in [1.82, 2.24) is 13.4 Å². The predicted molar refractivity (Wildman–Crippen MR) is 500 cm³/mol. The van der Waals surface area contributed by atoms with Crippen molar-refractivity contribution in [3.05, 3.63) is 411 Å². The number of halogens is 18. The van der Waals surface area contributed by atoms with Gasteiger partial charge in [0.15, 0.2) is 0 Å². The second-order valence-corrected chi connectivity index (χ2v) is 34.5. The topological polar surface area (TPSA) is 69.2 Å². The highest BCUT2D eigenvalue weighted by atomic mass is 19.2. The maximum Gasteiger partial charge on any atom is 0.141 e. The Kier molecular flexibility index (Phi) is 33.4. The molecule has 0 saturated carbocycles. The molecule has 0 aliphatic heterocycles. The molecule has 0 aromatic heterocycles. The third kappa shape index (κ3) is 22.5. The van der Waals surface area contributed by atoms with Gasteiger partial charge in [0.2, 0.25) is 0 Å². The predicted octanol–water partition coefficient (Wildman–Crippen LogP) is 27.9. The molecule has 25 heteroatoms. The van der Waals surface area contributed by atoms with Crippen LogP contribution in [0.1, 0.15) is 92.7 Å². The second-order valence-electron chi connectivity index (χ2n) is 34.5. The van der Waals surface area contributed by atoms with Crippen LogP contribution in [0.25, 0.3) is 100 Å². The molecule has 0 heterocycles. The van der Waals surface area contributed by atoms with E-state index in [1.54, 1.807) is 18.2 Å². The van der Waals surface area contributed by atoms with E-state index >= 15 is 79.0 Å². The zero-order chi connectivity index (χ0) is 98.4. The standard InChI is InChI=1S/3C37H32F6N.BO3/c3*1-4-5-14-24-21-31(44(2,3)22-23-12-7-6-8-13-23)36(34-27(40)17-10-18-28(34)41)37(35-29(42)19-11-20-30(35)43)32(24)33-25(38)15-9-16-26(33)39;2-1(3)4/h3*6-13,15-21H,4-5,14,22H2,1-3H3;/q3*+1;-3. The molecule has 0 fully saturated rings. The SMILES string of the molecule is CCCCc1cc([N+](C)(C)Cc2ccccc2)c(-c2c(F)cccc2F)c(-c2c(F)cccc2F)c1-c1c(F)cccc1F.CCCCc1cc([N+](C)(C)Cc2ccccc2)c(-c2c(F)cccc2F)c(-c2c(F)cccc2F)c1-c1c(F)cccc1F.CCCCc1cc([N+](C)(C)Cc2ccccc2)c(-c2c(F)cccc2F)c(-c2c(F)cccc2F)c1-c1c(F)cccc1F.[O-]B([O-])[O-]. The minimum absolute atomic E-state index is 0.00461. The van der Waals surface area contributed by atoms with Crippen molar-refractivity contribution in [2.45, 2.75) is 98.2 Å². The number of unbranched alkanes of at least 4 members (excludes halogenated alkanes) is 3. The fraction of sp³-hybridized carbons (Fsp3) is 0.189. The molecule has 702 valence electrons. The lowest BCUT2D eigenvalue weighted by Crippen LogP contribution is -2.56. The molecule has 0 saturated heterocycles. The van der Waals surface area contributed by atoms with Crippen LogP contribution in [-0.2, 0) is 38.9 Å². The molecule has 15 rings (SSSR count). The lowest BCUT2D eigenvalue weighted by molar-refractivity contribution is -0.479. The van der Waals surface area contributed by atoms with E-state index in [1.807, 2.05) is 154 Å². The van der Waals surface area contributed by atoms with Gasteiger partial charge < -0.3 is 15.1 Å². The molecular weight excluding hydrogens is 1780 g/mol. The maximum atomic E-state index is 15.9. The van der Waals surface area contributed by atoms with Crippen LogP contribution in [0.3, 0.4) is 0 Å². The molecule has 15 aromatic carbocycles. The van der Waals surface area contributed by atoms with Gasteiger partial charge in [-0.05, 0) is 181 Å². The Balaban J connectivity index is 0.000000180. The van der Waals surface area contributed by atoms with E-state index < -0.39 is 162 Å². The van der Waals surface area contributed by atoms with E-state index in [2.05, 4.69) is 0 Å². The molecular formula is C111H96BF18N3O3. The summed E-state index contributed by atoms with van der Waals surface area (Å²) in [5, 5.41) is 25.2. The van der Waals surface area contributed by atoms with E-state index in [0.717, 1.165) is 144 Å². The average molecular weight is 1870 g/mol. The third-order valence-electron chi connectivity index (χ3n) is 23.7. The fourth-order valence-corrected chi connectivity index (χ4v) is 17.7. The summed E-state index contributed by atoms with van der Waals surface area (Å²) in [7, 11) is 7.99. The van der Waals surface area contributed by atoms with Crippen LogP contribution in [0, 0.1) is 105 Å². The highest BCUT2D eigenvalue weighted by Gasteiger charge is 2.42. The average Bonchev–Trinajstić information content (AvgIpc) is 0.728. The summed E-state index contributed by atoms with van der Waals surface area (Å²) in [6.45, 7) is 6.85. The smallest absolute Gasteiger partial charge is 0.141 e.